The summed E-state index contributed by atoms with van der Waals surface area (Å²) in [7, 11) is 1.71. The van der Waals surface area contributed by atoms with Crippen LogP contribution in [0, 0.1) is 12.8 Å². The van der Waals surface area contributed by atoms with Crippen molar-refractivity contribution >= 4 is 22.9 Å². The van der Waals surface area contributed by atoms with Gasteiger partial charge in [-0.15, -0.1) is 0 Å². The Morgan fingerprint density at radius 3 is 2.76 bits per heavy atom. The first-order valence-corrected chi connectivity index (χ1v) is 8.82. The van der Waals surface area contributed by atoms with Gasteiger partial charge in [0.1, 0.15) is 0 Å². The Bertz CT molecular complexity index is 760. The second kappa shape index (κ2) is 8.81. The molecule has 0 saturated heterocycles. The van der Waals surface area contributed by atoms with Crippen LogP contribution in [0.25, 0.3) is 17.0 Å². The third-order valence-electron chi connectivity index (χ3n) is 4.13. The summed E-state index contributed by atoms with van der Waals surface area (Å²) < 4.78 is 12.3. The Morgan fingerprint density at radius 1 is 1.36 bits per heavy atom. The molecule has 1 aromatic carbocycles. The molecule has 0 unspecified atom stereocenters. The number of ether oxygens (including phenoxy) is 2. The molecule has 0 fully saturated rings. The lowest BCUT2D eigenvalue weighted by Crippen LogP contribution is -2.12. The number of carbonyl (C=O) groups is 1. The molecule has 0 aliphatic rings. The van der Waals surface area contributed by atoms with Crippen molar-refractivity contribution in [1.29, 1.82) is 0 Å². The molecule has 0 saturated carbocycles. The van der Waals surface area contributed by atoms with Crippen molar-refractivity contribution in [2.45, 2.75) is 40.7 Å². The lowest BCUT2D eigenvalue weighted by Gasteiger charge is -2.10. The zero-order valence-corrected chi connectivity index (χ0v) is 15.8. The van der Waals surface area contributed by atoms with Gasteiger partial charge in [-0.2, -0.15) is 5.10 Å². The molecule has 136 valence electrons. The van der Waals surface area contributed by atoms with E-state index in [1.807, 2.05) is 44.5 Å². The number of hydrogen-bond acceptors (Lipinski definition) is 4. The minimum absolute atomic E-state index is 0.100. The highest BCUT2D eigenvalue weighted by molar-refractivity contribution is 5.95. The van der Waals surface area contributed by atoms with E-state index in [0.717, 1.165) is 35.1 Å². The van der Waals surface area contributed by atoms with E-state index in [2.05, 4.69) is 17.2 Å². The van der Waals surface area contributed by atoms with Gasteiger partial charge in [0, 0.05) is 31.2 Å². The molecule has 5 heteroatoms. The molecule has 2 rings (SSSR count). The number of benzene rings is 1. The molecule has 2 aromatic rings. The summed E-state index contributed by atoms with van der Waals surface area (Å²) in [5.41, 5.74) is 3.76. The van der Waals surface area contributed by atoms with Crippen molar-refractivity contribution in [3.63, 3.8) is 0 Å². The minimum atomic E-state index is -0.248. The Kier molecular flexibility index (Phi) is 6.76. The van der Waals surface area contributed by atoms with Gasteiger partial charge in [0.15, 0.2) is 0 Å². The van der Waals surface area contributed by atoms with Gasteiger partial charge in [-0.05, 0) is 43.9 Å². The minimum Gasteiger partial charge on any atom is -0.463 e. The molecule has 0 amide bonds. The fourth-order valence-electron chi connectivity index (χ4n) is 2.83. The molecule has 0 N–H and O–H groups in total. The average Bonchev–Trinajstić information content (AvgIpc) is 2.88. The van der Waals surface area contributed by atoms with Gasteiger partial charge in [0.25, 0.3) is 0 Å². The molecule has 1 heterocycles. The van der Waals surface area contributed by atoms with Crippen LogP contribution in [0.2, 0.25) is 0 Å². The van der Waals surface area contributed by atoms with Crippen LogP contribution >= 0.6 is 0 Å². The molecule has 1 aromatic heterocycles. The van der Waals surface area contributed by atoms with Gasteiger partial charge in [0.2, 0.25) is 0 Å². The number of hydrogen-bond donors (Lipinski definition) is 0. The molecule has 0 atom stereocenters. The van der Waals surface area contributed by atoms with Crippen molar-refractivity contribution in [2.24, 2.45) is 5.92 Å². The van der Waals surface area contributed by atoms with Crippen LogP contribution in [0.4, 0.5) is 0 Å². The van der Waals surface area contributed by atoms with Crippen molar-refractivity contribution in [3.8, 4) is 0 Å². The largest absolute Gasteiger partial charge is 0.463 e. The molecular weight excluding hydrogens is 316 g/mol. The average molecular weight is 344 g/mol. The van der Waals surface area contributed by atoms with Crippen LogP contribution in [-0.4, -0.2) is 36.1 Å². The SMILES string of the molecule is CCOC(=O)C(=Cc1ccc2c(C)nn(CCCOC)c2c1)C(C)C. The molecule has 25 heavy (non-hydrogen) atoms. The maximum absolute atomic E-state index is 12.2. The lowest BCUT2D eigenvalue weighted by molar-refractivity contribution is -0.138. The highest BCUT2D eigenvalue weighted by Gasteiger charge is 2.15. The van der Waals surface area contributed by atoms with Crippen molar-refractivity contribution in [2.75, 3.05) is 20.3 Å². The van der Waals surface area contributed by atoms with Gasteiger partial charge < -0.3 is 9.47 Å². The number of methoxy groups -OCH3 is 1. The summed E-state index contributed by atoms with van der Waals surface area (Å²) in [6.07, 6.45) is 2.83. The Labute approximate surface area is 149 Å². The third kappa shape index (κ3) is 4.69. The number of fused-ring (bicyclic) bond motifs is 1. The fourth-order valence-corrected chi connectivity index (χ4v) is 2.83. The molecular formula is C20H28N2O3. The first kappa shape index (κ1) is 19.2. The normalized spacial score (nSPS) is 12.2. The second-order valence-corrected chi connectivity index (χ2v) is 6.41. The van der Waals surface area contributed by atoms with Crippen molar-refractivity contribution in [1.82, 2.24) is 9.78 Å². The summed E-state index contributed by atoms with van der Waals surface area (Å²) in [6.45, 7) is 9.74. The van der Waals surface area contributed by atoms with E-state index in [-0.39, 0.29) is 11.9 Å². The molecule has 0 aliphatic heterocycles. The van der Waals surface area contributed by atoms with Crippen LogP contribution in [0.5, 0.6) is 0 Å². The quantitative estimate of drug-likeness (QED) is 0.413. The molecule has 0 spiro atoms. The van der Waals surface area contributed by atoms with Crippen LogP contribution in [0.1, 0.15) is 38.4 Å². The van der Waals surface area contributed by atoms with E-state index >= 15 is 0 Å². The summed E-state index contributed by atoms with van der Waals surface area (Å²) in [5, 5.41) is 5.77. The van der Waals surface area contributed by atoms with E-state index in [1.54, 1.807) is 7.11 Å². The van der Waals surface area contributed by atoms with Gasteiger partial charge >= 0.3 is 5.97 Å². The van der Waals surface area contributed by atoms with Crippen LogP contribution in [0.15, 0.2) is 23.8 Å². The highest BCUT2D eigenvalue weighted by atomic mass is 16.5. The van der Waals surface area contributed by atoms with Crippen LogP contribution in [-0.2, 0) is 20.8 Å². The lowest BCUT2D eigenvalue weighted by atomic mass is 10.00. The molecule has 5 nitrogen and oxygen atoms in total. The maximum atomic E-state index is 12.2. The van der Waals surface area contributed by atoms with E-state index in [0.29, 0.717) is 18.8 Å². The van der Waals surface area contributed by atoms with Gasteiger partial charge in [0.05, 0.1) is 17.8 Å². The molecule has 0 bridgehead atoms. The van der Waals surface area contributed by atoms with Crippen molar-refractivity contribution in [3.05, 3.63) is 35.0 Å². The number of aromatic nitrogens is 2. The van der Waals surface area contributed by atoms with Gasteiger partial charge in [-0.25, -0.2) is 4.79 Å². The predicted octanol–water partition coefficient (Wildman–Crippen LogP) is 3.98. The van der Waals surface area contributed by atoms with Crippen LogP contribution < -0.4 is 0 Å². The summed E-state index contributed by atoms with van der Waals surface area (Å²) in [6, 6.07) is 6.18. The number of aryl methyl sites for hydroxylation is 2. The van der Waals surface area contributed by atoms with Crippen molar-refractivity contribution < 1.29 is 14.3 Å². The number of carbonyl (C=O) groups excluding carboxylic acids is 1. The number of nitrogens with zero attached hydrogens (tertiary/aromatic N) is 2. The standard InChI is InChI=1S/C20H28N2O3/c1-6-25-20(23)18(14(2)3)12-16-8-9-17-15(4)21-22(19(17)13-16)10-7-11-24-5/h8-9,12-14H,6-7,10-11H2,1-5H3. The molecule has 0 aliphatic carbocycles. The monoisotopic (exact) mass is 344 g/mol. The van der Waals surface area contributed by atoms with E-state index in [4.69, 9.17) is 9.47 Å². The van der Waals surface area contributed by atoms with E-state index in [1.165, 1.54) is 0 Å². The Hall–Kier alpha value is -2.14. The van der Waals surface area contributed by atoms with Crippen LogP contribution in [0.3, 0.4) is 0 Å². The topological polar surface area (TPSA) is 53.3 Å². The fraction of sp³-hybridized carbons (Fsp3) is 0.500. The summed E-state index contributed by atoms with van der Waals surface area (Å²) in [5.74, 6) is -0.148. The zero-order valence-electron chi connectivity index (χ0n) is 15.8. The maximum Gasteiger partial charge on any atom is 0.334 e. The van der Waals surface area contributed by atoms with E-state index in [9.17, 15) is 4.79 Å². The smallest absolute Gasteiger partial charge is 0.334 e. The van der Waals surface area contributed by atoms with Gasteiger partial charge in [-0.1, -0.05) is 26.0 Å². The zero-order chi connectivity index (χ0) is 18.4. The second-order valence-electron chi connectivity index (χ2n) is 6.41. The van der Waals surface area contributed by atoms with E-state index < -0.39 is 0 Å². The van der Waals surface area contributed by atoms with Gasteiger partial charge in [-0.3, -0.25) is 4.68 Å². The number of esters is 1. The first-order chi connectivity index (χ1) is 12.0. The Morgan fingerprint density at radius 2 is 2.12 bits per heavy atom. The first-order valence-electron chi connectivity index (χ1n) is 8.82. The molecule has 0 radical (unpaired) electrons. The number of rotatable bonds is 8. The summed E-state index contributed by atoms with van der Waals surface area (Å²) >= 11 is 0. The summed E-state index contributed by atoms with van der Waals surface area (Å²) in [4.78, 5) is 12.2. The third-order valence-corrected chi connectivity index (χ3v) is 4.13. The highest BCUT2D eigenvalue weighted by Crippen LogP contribution is 2.23. The Balaban J connectivity index is 2.39. The predicted molar refractivity (Wildman–Crippen MR) is 100 cm³/mol.